The molecule has 2 nitrogen and oxygen atoms in total. The van der Waals surface area contributed by atoms with Crippen LogP contribution in [0.5, 0.6) is 5.75 Å². The first-order valence-electron chi connectivity index (χ1n) is 6.07. The second kappa shape index (κ2) is 5.09. The van der Waals surface area contributed by atoms with Crippen LogP contribution >= 0.6 is 23.4 Å². The second-order valence-corrected chi connectivity index (χ2v) is 6.25. The Morgan fingerprint density at radius 2 is 2.41 bits per heavy atom. The summed E-state index contributed by atoms with van der Waals surface area (Å²) in [7, 11) is 0. The molecule has 1 N–H and O–H groups in total. The highest BCUT2D eigenvalue weighted by Gasteiger charge is 2.24. The smallest absolute Gasteiger partial charge is 0.123 e. The van der Waals surface area contributed by atoms with Crippen LogP contribution in [-0.4, -0.2) is 30.2 Å². The zero-order valence-corrected chi connectivity index (χ0v) is 11.2. The van der Waals surface area contributed by atoms with E-state index >= 15 is 0 Å². The summed E-state index contributed by atoms with van der Waals surface area (Å²) in [6.45, 7) is 0.942. The summed E-state index contributed by atoms with van der Waals surface area (Å²) in [5, 5.41) is 4.39. The maximum absolute atomic E-state index is 5.98. The Kier molecular flexibility index (Phi) is 3.50. The van der Waals surface area contributed by atoms with E-state index in [-0.39, 0.29) is 6.10 Å². The summed E-state index contributed by atoms with van der Waals surface area (Å²) in [5.74, 6) is 3.53. The molecule has 0 saturated carbocycles. The number of rotatable bonds is 3. The molecule has 0 aromatic heterocycles. The van der Waals surface area contributed by atoms with Gasteiger partial charge in [0.05, 0.1) is 0 Å². The first-order chi connectivity index (χ1) is 8.31. The van der Waals surface area contributed by atoms with Crippen LogP contribution in [-0.2, 0) is 6.42 Å². The molecule has 1 aromatic carbocycles. The van der Waals surface area contributed by atoms with Crippen molar-refractivity contribution in [1.82, 2.24) is 5.32 Å². The minimum atomic E-state index is 0.272. The lowest BCUT2D eigenvalue weighted by Crippen LogP contribution is -2.37. The van der Waals surface area contributed by atoms with Crippen LogP contribution in [0.2, 0.25) is 5.02 Å². The number of hydrogen-bond acceptors (Lipinski definition) is 3. The fourth-order valence-electron chi connectivity index (χ4n) is 2.40. The molecule has 2 unspecified atom stereocenters. The average Bonchev–Trinajstić information content (AvgIpc) is 2.94. The standard InChI is InChI=1S/C13H16ClNOS/c14-10-1-2-13-9(5-10)6-12(16-13)7-15-11-3-4-17-8-11/h1-2,5,11-12,15H,3-4,6-8H2. The van der Waals surface area contributed by atoms with Crippen LogP contribution in [0.15, 0.2) is 18.2 Å². The van der Waals surface area contributed by atoms with Crippen molar-refractivity contribution in [3.05, 3.63) is 28.8 Å². The minimum Gasteiger partial charge on any atom is -0.488 e. The van der Waals surface area contributed by atoms with E-state index < -0.39 is 0 Å². The van der Waals surface area contributed by atoms with Gasteiger partial charge in [0.15, 0.2) is 0 Å². The van der Waals surface area contributed by atoms with Gasteiger partial charge in [-0.3, -0.25) is 0 Å². The van der Waals surface area contributed by atoms with Crippen molar-refractivity contribution >= 4 is 23.4 Å². The predicted octanol–water partition coefficient (Wildman–Crippen LogP) is 2.74. The Morgan fingerprint density at radius 3 is 3.24 bits per heavy atom. The number of hydrogen-bond donors (Lipinski definition) is 1. The first kappa shape index (κ1) is 11.7. The van der Waals surface area contributed by atoms with Gasteiger partial charge in [-0.15, -0.1) is 0 Å². The normalized spacial score (nSPS) is 26.9. The number of ether oxygens (including phenoxy) is 1. The number of thioether (sulfide) groups is 1. The molecule has 0 radical (unpaired) electrons. The Bertz CT molecular complexity index is 406. The van der Waals surface area contributed by atoms with E-state index in [1.165, 1.54) is 23.5 Å². The third-order valence-electron chi connectivity index (χ3n) is 3.33. The lowest BCUT2D eigenvalue weighted by molar-refractivity contribution is 0.223. The van der Waals surface area contributed by atoms with E-state index in [9.17, 15) is 0 Å². The summed E-state index contributed by atoms with van der Waals surface area (Å²) in [6, 6.07) is 6.56. The maximum Gasteiger partial charge on any atom is 0.123 e. The van der Waals surface area contributed by atoms with Crippen molar-refractivity contribution in [2.24, 2.45) is 0 Å². The predicted molar refractivity (Wildman–Crippen MR) is 73.3 cm³/mol. The Morgan fingerprint density at radius 1 is 1.47 bits per heavy atom. The van der Waals surface area contributed by atoms with Gasteiger partial charge >= 0.3 is 0 Å². The van der Waals surface area contributed by atoms with Gasteiger partial charge in [-0.2, -0.15) is 11.8 Å². The van der Waals surface area contributed by atoms with E-state index in [1.54, 1.807) is 0 Å². The molecule has 17 heavy (non-hydrogen) atoms. The summed E-state index contributed by atoms with van der Waals surface area (Å²) in [4.78, 5) is 0. The number of nitrogens with one attached hydrogen (secondary N) is 1. The van der Waals surface area contributed by atoms with Crippen molar-refractivity contribution in [3.8, 4) is 5.75 Å². The largest absolute Gasteiger partial charge is 0.488 e. The van der Waals surface area contributed by atoms with Gasteiger partial charge in [0.25, 0.3) is 0 Å². The summed E-state index contributed by atoms with van der Waals surface area (Å²) >= 11 is 8.01. The molecule has 4 heteroatoms. The lowest BCUT2D eigenvalue weighted by Gasteiger charge is -2.15. The third-order valence-corrected chi connectivity index (χ3v) is 4.73. The van der Waals surface area contributed by atoms with Gasteiger partial charge in [-0.1, -0.05) is 11.6 Å². The van der Waals surface area contributed by atoms with Crippen molar-refractivity contribution in [2.45, 2.75) is 25.0 Å². The van der Waals surface area contributed by atoms with Crippen molar-refractivity contribution in [3.63, 3.8) is 0 Å². The molecule has 1 aromatic rings. The second-order valence-electron chi connectivity index (χ2n) is 4.66. The SMILES string of the molecule is Clc1ccc2c(c1)CC(CNC1CCSC1)O2. The van der Waals surface area contributed by atoms with E-state index in [0.717, 1.165) is 23.7 Å². The Hall–Kier alpha value is -0.380. The van der Waals surface area contributed by atoms with Gasteiger partial charge in [-0.05, 0) is 35.9 Å². The van der Waals surface area contributed by atoms with Gasteiger partial charge in [0.2, 0.25) is 0 Å². The van der Waals surface area contributed by atoms with Gasteiger partial charge in [0.1, 0.15) is 11.9 Å². The van der Waals surface area contributed by atoms with Gasteiger partial charge in [-0.25, -0.2) is 0 Å². The molecule has 0 spiro atoms. The molecule has 3 rings (SSSR count). The molecule has 92 valence electrons. The van der Waals surface area contributed by atoms with Crippen molar-refractivity contribution < 1.29 is 4.74 Å². The highest BCUT2D eigenvalue weighted by molar-refractivity contribution is 7.99. The molecule has 0 bridgehead atoms. The van der Waals surface area contributed by atoms with Crippen LogP contribution < -0.4 is 10.1 Å². The van der Waals surface area contributed by atoms with E-state index in [0.29, 0.717) is 6.04 Å². The minimum absolute atomic E-state index is 0.272. The molecule has 2 aliphatic rings. The van der Waals surface area contributed by atoms with Crippen molar-refractivity contribution in [1.29, 1.82) is 0 Å². The zero-order chi connectivity index (χ0) is 11.7. The first-order valence-corrected chi connectivity index (χ1v) is 7.61. The lowest BCUT2D eigenvalue weighted by atomic mass is 10.1. The van der Waals surface area contributed by atoms with Crippen LogP contribution in [0.25, 0.3) is 0 Å². The molecule has 0 aliphatic carbocycles. The van der Waals surface area contributed by atoms with E-state index in [1.807, 2.05) is 30.0 Å². The van der Waals surface area contributed by atoms with Gasteiger partial charge < -0.3 is 10.1 Å². The molecule has 2 aliphatic heterocycles. The van der Waals surface area contributed by atoms with E-state index in [2.05, 4.69) is 5.32 Å². The number of halogens is 1. The Labute approximate surface area is 111 Å². The number of benzene rings is 1. The molecular weight excluding hydrogens is 254 g/mol. The topological polar surface area (TPSA) is 21.3 Å². The zero-order valence-electron chi connectivity index (χ0n) is 9.62. The fraction of sp³-hybridized carbons (Fsp3) is 0.538. The molecule has 2 atom stereocenters. The molecule has 0 amide bonds. The molecule has 1 saturated heterocycles. The summed E-state index contributed by atoms with van der Waals surface area (Å²) < 4.78 is 5.89. The van der Waals surface area contributed by atoms with Crippen molar-refractivity contribution in [2.75, 3.05) is 18.1 Å². The molecule has 2 heterocycles. The highest BCUT2D eigenvalue weighted by atomic mass is 35.5. The van der Waals surface area contributed by atoms with Crippen LogP contribution in [0.3, 0.4) is 0 Å². The van der Waals surface area contributed by atoms with Crippen LogP contribution in [0.1, 0.15) is 12.0 Å². The molecular formula is C13H16ClNOS. The third kappa shape index (κ3) is 2.72. The number of fused-ring (bicyclic) bond motifs is 1. The van der Waals surface area contributed by atoms with Gasteiger partial charge in [0, 0.05) is 29.8 Å². The fourth-order valence-corrected chi connectivity index (χ4v) is 3.78. The Balaban J connectivity index is 1.55. The molecule has 1 fully saturated rings. The van der Waals surface area contributed by atoms with Crippen LogP contribution in [0.4, 0.5) is 0 Å². The van der Waals surface area contributed by atoms with E-state index in [4.69, 9.17) is 16.3 Å². The summed E-state index contributed by atoms with van der Waals surface area (Å²) in [6.07, 6.45) is 2.54. The average molecular weight is 270 g/mol. The monoisotopic (exact) mass is 269 g/mol. The maximum atomic E-state index is 5.98. The summed E-state index contributed by atoms with van der Waals surface area (Å²) in [5.41, 5.74) is 1.24. The quantitative estimate of drug-likeness (QED) is 0.912. The van der Waals surface area contributed by atoms with Crippen LogP contribution in [0, 0.1) is 0 Å². The highest BCUT2D eigenvalue weighted by Crippen LogP contribution is 2.31.